The number of nitrogens with two attached hydrogens (primary N) is 2. The molecular weight excluding hydrogens is 477 g/mol. The second-order valence-electron chi connectivity index (χ2n) is 7.32. The molecule has 0 aliphatic carbocycles. The van der Waals surface area contributed by atoms with Crippen molar-refractivity contribution in [3.8, 4) is 11.5 Å². The van der Waals surface area contributed by atoms with E-state index < -0.39 is 5.82 Å². The molecule has 4 aromatic rings. The Kier molecular flexibility index (Phi) is 7.34. The highest BCUT2D eigenvalue weighted by atomic mass is 35.5. The molecule has 0 unspecified atom stereocenters. The third kappa shape index (κ3) is 5.81. The molecule has 0 saturated heterocycles. The van der Waals surface area contributed by atoms with Crippen LogP contribution in [0.25, 0.3) is 11.0 Å². The van der Waals surface area contributed by atoms with Crippen LogP contribution in [-0.2, 0) is 6.61 Å². The van der Waals surface area contributed by atoms with E-state index in [9.17, 15) is 9.18 Å². The van der Waals surface area contributed by atoms with Gasteiger partial charge in [-0.1, -0.05) is 17.7 Å². The van der Waals surface area contributed by atoms with Gasteiger partial charge in [-0.3, -0.25) is 4.79 Å². The minimum atomic E-state index is -0.408. The molecule has 3 aromatic carbocycles. The third-order valence-electron chi connectivity index (χ3n) is 5.01. The highest BCUT2D eigenvalue weighted by molar-refractivity contribution is 6.31. The molecule has 35 heavy (non-hydrogen) atoms. The molecule has 0 aliphatic heterocycles. The minimum Gasteiger partial charge on any atom is -0.489 e. The van der Waals surface area contributed by atoms with Crippen molar-refractivity contribution in [1.29, 1.82) is 0 Å². The molecule has 0 atom stereocenters. The van der Waals surface area contributed by atoms with Crippen molar-refractivity contribution in [3.63, 3.8) is 0 Å². The quantitative estimate of drug-likeness (QED) is 0.124. The smallest absolute Gasteiger partial charge is 0.259 e. The van der Waals surface area contributed by atoms with Crippen LogP contribution in [0.2, 0.25) is 5.02 Å². The molecule has 1 amide bonds. The summed E-state index contributed by atoms with van der Waals surface area (Å²) < 4.78 is 29.9. The summed E-state index contributed by atoms with van der Waals surface area (Å²) in [7, 11) is 0. The average molecular weight is 498 g/mol. The zero-order chi connectivity index (χ0) is 24.8. The first kappa shape index (κ1) is 23.9. The summed E-state index contributed by atoms with van der Waals surface area (Å²) in [5.41, 5.74) is 4.39. The lowest BCUT2D eigenvalue weighted by Crippen LogP contribution is -2.35. The number of furan rings is 1. The summed E-state index contributed by atoms with van der Waals surface area (Å²) in [6, 6.07) is 16.0. The van der Waals surface area contributed by atoms with E-state index in [1.54, 1.807) is 48.5 Å². The predicted molar refractivity (Wildman–Crippen MR) is 131 cm³/mol. The minimum absolute atomic E-state index is 0.0448. The van der Waals surface area contributed by atoms with Gasteiger partial charge in [0.05, 0.1) is 10.6 Å². The van der Waals surface area contributed by atoms with Crippen LogP contribution in [0.1, 0.15) is 15.9 Å². The maximum Gasteiger partial charge on any atom is 0.259 e. The van der Waals surface area contributed by atoms with Gasteiger partial charge >= 0.3 is 0 Å². The van der Waals surface area contributed by atoms with Gasteiger partial charge in [0.15, 0.2) is 5.84 Å². The fraction of sp³-hybridized carbons (Fsp3) is 0.0833. The van der Waals surface area contributed by atoms with Crippen LogP contribution in [0.4, 0.5) is 10.1 Å². The van der Waals surface area contributed by atoms with Crippen LogP contribution in [0.5, 0.6) is 11.5 Å². The van der Waals surface area contributed by atoms with E-state index in [1.165, 1.54) is 18.4 Å². The third-order valence-corrected chi connectivity index (χ3v) is 5.36. The zero-order valence-corrected chi connectivity index (χ0v) is 19.0. The molecule has 0 saturated carbocycles. The van der Waals surface area contributed by atoms with Crippen LogP contribution in [0, 0.1) is 5.82 Å². The van der Waals surface area contributed by atoms with Crippen LogP contribution < -0.4 is 31.9 Å². The first-order valence-corrected chi connectivity index (χ1v) is 10.7. The van der Waals surface area contributed by atoms with Crippen molar-refractivity contribution in [2.45, 2.75) is 6.61 Å². The first-order valence-electron chi connectivity index (χ1n) is 10.3. The number of rotatable bonds is 8. The maximum atomic E-state index is 13.2. The summed E-state index contributed by atoms with van der Waals surface area (Å²) in [5, 5.41) is 7.18. The number of benzene rings is 3. The molecule has 9 nitrogen and oxygen atoms in total. The molecule has 1 aromatic heterocycles. The van der Waals surface area contributed by atoms with Gasteiger partial charge in [-0.2, -0.15) is 5.10 Å². The van der Waals surface area contributed by atoms with Crippen molar-refractivity contribution in [2.24, 2.45) is 16.8 Å². The Morgan fingerprint density at radius 1 is 1.06 bits per heavy atom. The number of hydrogen-bond donors (Lipinski definition) is 4. The number of carbonyl (C=O) groups excluding carboxylic acids is 1. The number of hydrazine groups is 1. The summed E-state index contributed by atoms with van der Waals surface area (Å²) in [6.07, 6.45) is 1.38. The monoisotopic (exact) mass is 497 g/mol. The number of hydrogen-bond acceptors (Lipinski definition) is 7. The largest absolute Gasteiger partial charge is 0.489 e. The predicted octanol–water partition coefficient (Wildman–Crippen LogP) is 4.17. The number of fused-ring (bicyclic) bond motifs is 1. The Morgan fingerprint density at radius 3 is 2.54 bits per heavy atom. The van der Waals surface area contributed by atoms with Crippen molar-refractivity contribution in [3.05, 3.63) is 88.9 Å². The number of halogens is 2. The Hall–Kier alpha value is -4.28. The first-order chi connectivity index (χ1) is 17.0. The lowest BCUT2D eigenvalue weighted by molar-refractivity contribution is 0.102. The number of hydrazone groups is 1. The van der Waals surface area contributed by atoms with Crippen LogP contribution >= 0.6 is 11.6 Å². The second-order valence-corrected chi connectivity index (χ2v) is 7.73. The fourth-order valence-electron chi connectivity index (χ4n) is 3.17. The molecule has 11 heteroatoms. The number of nitrogens with zero attached hydrogens (tertiary/aromatic N) is 1. The van der Waals surface area contributed by atoms with Crippen LogP contribution in [-0.4, -0.2) is 18.3 Å². The molecular formula is C24H21ClFN5O4. The van der Waals surface area contributed by atoms with E-state index in [2.05, 4.69) is 15.8 Å². The molecule has 4 rings (SSSR count). The summed E-state index contributed by atoms with van der Waals surface area (Å²) in [6.45, 7) is 0.226. The van der Waals surface area contributed by atoms with Crippen molar-refractivity contribution in [1.82, 2.24) is 5.43 Å². The molecule has 0 fully saturated rings. The van der Waals surface area contributed by atoms with E-state index in [-0.39, 0.29) is 25.0 Å². The Labute approximate surface area is 204 Å². The van der Waals surface area contributed by atoms with Crippen LogP contribution in [0.15, 0.2) is 76.4 Å². The summed E-state index contributed by atoms with van der Waals surface area (Å²) >= 11 is 6.02. The molecule has 0 radical (unpaired) electrons. The van der Waals surface area contributed by atoms with E-state index in [0.29, 0.717) is 44.3 Å². The molecule has 0 bridgehead atoms. The number of anilines is 1. The fourth-order valence-corrected chi connectivity index (χ4v) is 3.40. The lowest BCUT2D eigenvalue weighted by atomic mass is 10.1. The topological polar surface area (TPSA) is 137 Å². The summed E-state index contributed by atoms with van der Waals surface area (Å²) in [4.78, 5) is 12.8. The zero-order valence-electron chi connectivity index (χ0n) is 18.3. The maximum absolute atomic E-state index is 13.2. The van der Waals surface area contributed by atoms with Gasteiger partial charge in [0.25, 0.3) is 5.91 Å². The number of amides is 1. The Bertz CT molecular complexity index is 1370. The van der Waals surface area contributed by atoms with Gasteiger partial charge < -0.3 is 30.5 Å². The van der Waals surface area contributed by atoms with Crippen molar-refractivity contribution >= 4 is 40.0 Å². The van der Waals surface area contributed by atoms with Gasteiger partial charge in [0.1, 0.15) is 42.4 Å². The lowest BCUT2D eigenvalue weighted by Gasteiger charge is -2.09. The van der Waals surface area contributed by atoms with E-state index in [0.717, 1.165) is 0 Å². The molecule has 6 N–H and O–H groups in total. The Morgan fingerprint density at radius 2 is 1.83 bits per heavy atom. The van der Waals surface area contributed by atoms with Gasteiger partial charge in [-0.25, -0.2) is 10.2 Å². The number of nitrogens with one attached hydrogen (secondary N) is 2. The molecule has 0 aliphatic rings. The number of amidine groups is 1. The summed E-state index contributed by atoms with van der Waals surface area (Å²) in [5.74, 6) is 11.0. The molecule has 0 spiro atoms. The number of ether oxygens (including phenoxy) is 2. The number of carbonyl (C=O) groups is 1. The SMILES string of the molecule is N/N=C(/COc1ccc2c(C(=O)Nc3ccc(OCc4ccc(F)cc4Cl)cc3)coc2c1)NN. The van der Waals surface area contributed by atoms with E-state index in [1.807, 2.05) is 0 Å². The normalized spacial score (nSPS) is 11.3. The van der Waals surface area contributed by atoms with Crippen molar-refractivity contribution < 1.29 is 23.1 Å². The standard InChI is InChI=1S/C24H21ClFN5O4/c25-21-9-15(26)2-1-14(21)11-33-17-5-3-16(4-6-17)29-24(32)20-12-35-22-10-18(7-8-19(20)22)34-13-23(30-27)31-28/h1-10,12H,11,13,27-28H2,(H,29,32)(H,30,31). The molecule has 1 heterocycles. The van der Waals surface area contributed by atoms with Crippen molar-refractivity contribution in [2.75, 3.05) is 11.9 Å². The van der Waals surface area contributed by atoms with E-state index >= 15 is 0 Å². The highest BCUT2D eigenvalue weighted by Gasteiger charge is 2.15. The Balaban J connectivity index is 1.37. The van der Waals surface area contributed by atoms with E-state index in [4.69, 9.17) is 37.2 Å². The second kappa shape index (κ2) is 10.8. The average Bonchev–Trinajstić information content (AvgIpc) is 3.28. The van der Waals surface area contributed by atoms with Gasteiger partial charge in [-0.05, 0) is 48.5 Å². The van der Waals surface area contributed by atoms with Gasteiger partial charge in [0.2, 0.25) is 0 Å². The van der Waals surface area contributed by atoms with Crippen LogP contribution in [0.3, 0.4) is 0 Å². The highest BCUT2D eigenvalue weighted by Crippen LogP contribution is 2.27. The van der Waals surface area contributed by atoms with Gasteiger partial charge in [0, 0.05) is 22.7 Å². The molecule has 180 valence electrons. The van der Waals surface area contributed by atoms with Gasteiger partial charge in [-0.15, -0.1) is 0 Å².